The Morgan fingerprint density at radius 1 is 1.33 bits per heavy atom. The van der Waals surface area contributed by atoms with Crippen LogP contribution in [0.4, 0.5) is 0 Å². The summed E-state index contributed by atoms with van der Waals surface area (Å²) in [7, 11) is -0.0876. The van der Waals surface area contributed by atoms with Gasteiger partial charge < -0.3 is 24.5 Å². The van der Waals surface area contributed by atoms with Crippen molar-refractivity contribution in [3.05, 3.63) is 0 Å². The fourth-order valence-corrected chi connectivity index (χ4v) is 3.54. The first-order chi connectivity index (χ1) is 8.27. The van der Waals surface area contributed by atoms with E-state index in [9.17, 15) is 10.2 Å². The molecule has 0 saturated carbocycles. The molecule has 0 aliphatic carbocycles. The van der Waals surface area contributed by atoms with Crippen molar-refractivity contribution >= 4 is 8.32 Å². The second-order valence-electron chi connectivity index (χ2n) is 5.32. The molecule has 3 unspecified atom stereocenters. The van der Waals surface area contributed by atoms with Crippen molar-refractivity contribution in [3.63, 3.8) is 0 Å². The number of hydrogen-bond donors (Lipinski definition) is 3. The number of hydrogen-bond acceptors (Lipinski definition) is 5. The van der Waals surface area contributed by atoms with Gasteiger partial charge in [0.15, 0.2) is 8.32 Å². The van der Waals surface area contributed by atoms with Crippen LogP contribution in [0.1, 0.15) is 20.3 Å². The minimum absolute atomic E-state index is 0.121. The van der Waals surface area contributed by atoms with Crippen molar-refractivity contribution in [3.8, 4) is 0 Å². The predicted molar refractivity (Wildman–Crippen MR) is 73.1 cm³/mol. The highest BCUT2D eigenvalue weighted by atomic mass is 28.4. The van der Waals surface area contributed by atoms with Crippen LogP contribution in [-0.2, 0) is 9.16 Å². The fraction of sp³-hybridized carbons (Fsp3) is 1.00. The van der Waals surface area contributed by atoms with Crippen LogP contribution in [0.15, 0.2) is 0 Å². The molecular formula is C12H28O5Si. The third kappa shape index (κ3) is 6.82. The Hall–Kier alpha value is 0.0169. The summed E-state index contributed by atoms with van der Waals surface area (Å²) in [6.45, 7) is 6.00. The van der Waals surface area contributed by atoms with Crippen molar-refractivity contribution in [2.24, 2.45) is 0 Å². The second-order valence-corrected chi connectivity index (χ2v) is 9.62. The average Bonchev–Trinajstić information content (AvgIpc) is 2.28. The minimum atomic E-state index is -1.78. The number of aliphatic hydroxyl groups excluding tert-OH is 2. The van der Waals surface area contributed by atoms with E-state index < -0.39 is 20.0 Å². The van der Waals surface area contributed by atoms with Crippen LogP contribution < -0.4 is 0 Å². The zero-order valence-corrected chi connectivity index (χ0v) is 13.0. The summed E-state index contributed by atoms with van der Waals surface area (Å²) in [6.07, 6.45) is 0.0254. The van der Waals surface area contributed by atoms with Crippen molar-refractivity contribution < 1.29 is 24.5 Å². The topological polar surface area (TPSA) is 79.2 Å². The highest BCUT2D eigenvalue weighted by Crippen LogP contribution is 2.18. The lowest BCUT2D eigenvalue weighted by Gasteiger charge is -2.27. The van der Waals surface area contributed by atoms with E-state index in [1.165, 1.54) is 0 Å². The van der Waals surface area contributed by atoms with Gasteiger partial charge in [-0.2, -0.15) is 0 Å². The Bertz CT molecular complexity index is 223. The second kappa shape index (κ2) is 8.24. The van der Waals surface area contributed by atoms with Gasteiger partial charge in [0.25, 0.3) is 0 Å². The third-order valence-electron chi connectivity index (χ3n) is 3.42. The summed E-state index contributed by atoms with van der Waals surface area (Å²) in [5, 5.41) is 28.0. The highest BCUT2D eigenvalue weighted by molar-refractivity contribution is 6.72. The maximum absolute atomic E-state index is 9.76. The molecular weight excluding hydrogens is 252 g/mol. The number of rotatable bonds is 10. The zero-order valence-electron chi connectivity index (χ0n) is 12.0. The van der Waals surface area contributed by atoms with Crippen LogP contribution in [-0.4, -0.2) is 62.3 Å². The van der Waals surface area contributed by atoms with E-state index in [2.05, 4.69) is 6.55 Å². The van der Waals surface area contributed by atoms with Gasteiger partial charge in [-0.15, -0.1) is 0 Å². The molecule has 3 N–H and O–H groups in total. The van der Waals surface area contributed by atoms with Crippen molar-refractivity contribution in [2.45, 2.75) is 50.6 Å². The molecule has 0 heterocycles. The summed E-state index contributed by atoms with van der Waals surface area (Å²) in [5.74, 6) is 0. The molecule has 0 aliphatic rings. The van der Waals surface area contributed by atoms with Crippen LogP contribution >= 0.6 is 0 Å². The van der Waals surface area contributed by atoms with Crippen molar-refractivity contribution in [2.75, 3.05) is 26.9 Å². The summed E-state index contributed by atoms with van der Waals surface area (Å²) in [5.41, 5.74) is -1.20. The summed E-state index contributed by atoms with van der Waals surface area (Å²) >= 11 is 0. The average molecular weight is 280 g/mol. The molecule has 0 aromatic heterocycles. The molecule has 0 rings (SSSR count). The Balaban J connectivity index is 3.80. The van der Waals surface area contributed by atoms with E-state index in [4.69, 9.17) is 14.3 Å². The summed E-state index contributed by atoms with van der Waals surface area (Å²) in [4.78, 5) is 0. The van der Waals surface area contributed by atoms with Gasteiger partial charge in [-0.25, -0.2) is 0 Å². The van der Waals surface area contributed by atoms with E-state index in [-0.39, 0.29) is 13.2 Å². The number of aliphatic hydroxyl groups is 3. The molecule has 110 valence electrons. The SMILES string of the molecule is CO[Si](C)(CCO)CCCOCC(C)(O)C(C)O. The van der Waals surface area contributed by atoms with Crippen LogP contribution in [0, 0.1) is 0 Å². The first-order valence-electron chi connectivity index (χ1n) is 6.41. The minimum Gasteiger partial charge on any atom is -0.420 e. The first-order valence-corrected chi connectivity index (χ1v) is 9.24. The molecule has 18 heavy (non-hydrogen) atoms. The Morgan fingerprint density at radius 3 is 2.39 bits per heavy atom. The van der Waals surface area contributed by atoms with E-state index >= 15 is 0 Å². The highest BCUT2D eigenvalue weighted by Gasteiger charge is 2.28. The molecule has 0 spiro atoms. The molecule has 0 bridgehead atoms. The van der Waals surface area contributed by atoms with Crippen LogP contribution in [0.3, 0.4) is 0 Å². The lowest BCUT2D eigenvalue weighted by Crippen LogP contribution is -2.42. The Labute approximate surface area is 111 Å². The van der Waals surface area contributed by atoms with Gasteiger partial charge >= 0.3 is 0 Å². The van der Waals surface area contributed by atoms with Gasteiger partial charge in [-0.05, 0) is 38.9 Å². The van der Waals surface area contributed by atoms with E-state index in [0.29, 0.717) is 6.61 Å². The van der Waals surface area contributed by atoms with Gasteiger partial charge in [0, 0.05) is 20.3 Å². The molecule has 0 aliphatic heterocycles. The smallest absolute Gasteiger partial charge is 0.191 e. The molecule has 0 aromatic carbocycles. The molecule has 6 heteroatoms. The van der Waals surface area contributed by atoms with Crippen LogP contribution in [0.25, 0.3) is 0 Å². The normalized spacial score (nSPS) is 20.2. The van der Waals surface area contributed by atoms with Gasteiger partial charge in [-0.3, -0.25) is 0 Å². The molecule has 0 radical (unpaired) electrons. The van der Waals surface area contributed by atoms with Gasteiger partial charge in [0.1, 0.15) is 5.60 Å². The van der Waals surface area contributed by atoms with Gasteiger partial charge in [0.2, 0.25) is 0 Å². The maximum Gasteiger partial charge on any atom is 0.191 e. The maximum atomic E-state index is 9.76. The standard InChI is InChI=1S/C12H28O5Si/c1-11(14)12(2,15)10-17-7-5-8-18(4,16-3)9-6-13/h11,13-15H,5-10H2,1-4H3. The van der Waals surface area contributed by atoms with E-state index in [1.807, 2.05) is 0 Å². The van der Waals surface area contributed by atoms with Crippen molar-refractivity contribution in [1.29, 1.82) is 0 Å². The lowest BCUT2D eigenvalue weighted by molar-refractivity contribution is -0.102. The molecule has 3 atom stereocenters. The number of ether oxygens (including phenoxy) is 1. The molecule has 0 aromatic rings. The monoisotopic (exact) mass is 280 g/mol. The largest absolute Gasteiger partial charge is 0.420 e. The molecule has 0 amide bonds. The molecule has 0 saturated heterocycles. The first kappa shape index (κ1) is 18.0. The Kier molecular flexibility index (Phi) is 8.25. The van der Waals surface area contributed by atoms with Gasteiger partial charge in [-0.1, -0.05) is 0 Å². The molecule has 0 fully saturated rings. The molecule has 5 nitrogen and oxygen atoms in total. The van der Waals surface area contributed by atoms with Crippen LogP contribution in [0.2, 0.25) is 18.6 Å². The van der Waals surface area contributed by atoms with E-state index in [1.54, 1.807) is 21.0 Å². The quantitative estimate of drug-likeness (QED) is 0.406. The van der Waals surface area contributed by atoms with Gasteiger partial charge in [0.05, 0.1) is 12.7 Å². The predicted octanol–water partition coefficient (Wildman–Crippen LogP) is 0.739. The fourth-order valence-electron chi connectivity index (χ4n) is 1.51. The van der Waals surface area contributed by atoms with Crippen molar-refractivity contribution in [1.82, 2.24) is 0 Å². The van der Waals surface area contributed by atoms with Crippen LogP contribution in [0.5, 0.6) is 0 Å². The van der Waals surface area contributed by atoms with E-state index in [0.717, 1.165) is 18.5 Å². The Morgan fingerprint density at radius 2 is 1.94 bits per heavy atom. The summed E-state index contributed by atoms with van der Waals surface area (Å²) in [6, 6.07) is 1.65. The zero-order chi connectivity index (χ0) is 14.2. The summed E-state index contributed by atoms with van der Waals surface area (Å²) < 4.78 is 10.9. The lowest BCUT2D eigenvalue weighted by atomic mass is 10.0. The third-order valence-corrected chi connectivity index (χ3v) is 7.10.